The van der Waals surface area contributed by atoms with Gasteiger partial charge in [-0.1, -0.05) is 13.0 Å². The van der Waals surface area contributed by atoms with E-state index in [-0.39, 0.29) is 17.4 Å². The summed E-state index contributed by atoms with van der Waals surface area (Å²) in [5.41, 5.74) is 0.209. The fraction of sp³-hybridized carbons (Fsp3) is 0.438. The molecule has 0 N–H and O–H groups in total. The SMILES string of the molecule is COC(=O)[C@H]1C=C[C@@H](C)[C@@H](c2cc(OC)cc([N+](=O)[O-])c2OC)O1. The molecule has 0 saturated heterocycles. The molecule has 0 saturated carbocycles. The molecule has 0 spiro atoms. The summed E-state index contributed by atoms with van der Waals surface area (Å²) in [5, 5.41) is 11.3. The smallest absolute Gasteiger partial charge is 0.339 e. The summed E-state index contributed by atoms with van der Waals surface area (Å²) in [4.78, 5) is 22.5. The second-order valence-electron chi connectivity index (χ2n) is 5.27. The van der Waals surface area contributed by atoms with Crippen LogP contribution in [0.2, 0.25) is 0 Å². The zero-order valence-electron chi connectivity index (χ0n) is 13.8. The Morgan fingerprint density at radius 3 is 2.46 bits per heavy atom. The predicted molar refractivity (Wildman–Crippen MR) is 84.1 cm³/mol. The van der Waals surface area contributed by atoms with Gasteiger partial charge in [-0.15, -0.1) is 0 Å². The highest BCUT2D eigenvalue weighted by Crippen LogP contribution is 2.44. The number of esters is 1. The minimum atomic E-state index is -0.883. The number of hydrogen-bond donors (Lipinski definition) is 0. The van der Waals surface area contributed by atoms with Gasteiger partial charge < -0.3 is 18.9 Å². The van der Waals surface area contributed by atoms with Gasteiger partial charge in [0.05, 0.1) is 38.4 Å². The molecule has 0 radical (unpaired) electrons. The van der Waals surface area contributed by atoms with E-state index in [4.69, 9.17) is 18.9 Å². The van der Waals surface area contributed by atoms with Crippen molar-refractivity contribution < 1.29 is 28.7 Å². The molecule has 1 aromatic carbocycles. The van der Waals surface area contributed by atoms with Crippen LogP contribution in [0.4, 0.5) is 5.69 Å². The van der Waals surface area contributed by atoms with E-state index in [1.165, 1.54) is 27.4 Å². The first-order valence-corrected chi connectivity index (χ1v) is 7.24. The highest BCUT2D eigenvalue weighted by atomic mass is 16.6. The first-order chi connectivity index (χ1) is 11.4. The Bertz CT molecular complexity index is 671. The normalized spacial score (nSPS) is 22.8. The minimum Gasteiger partial charge on any atom is -0.496 e. The van der Waals surface area contributed by atoms with Gasteiger partial charge in [0.25, 0.3) is 0 Å². The summed E-state index contributed by atoms with van der Waals surface area (Å²) in [6.07, 6.45) is 1.91. The number of carbonyl (C=O) groups is 1. The van der Waals surface area contributed by atoms with Gasteiger partial charge in [0, 0.05) is 11.5 Å². The molecule has 130 valence electrons. The van der Waals surface area contributed by atoms with E-state index in [2.05, 4.69) is 0 Å². The summed E-state index contributed by atoms with van der Waals surface area (Å²) in [6, 6.07) is 2.89. The van der Waals surface area contributed by atoms with Crippen molar-refractivity contribution in [3.63, 3.8) is 0 Å². The van der Waals surface area contributed by atoms with E-state index >= 15 is 0 Å². The molecule has 3 atom stereocenters. The third-order valence-corrected chi connectivity index (χ3v) is 3.81. The third-order valence-electron chi connectivity index (χ3n) is 3.81. The number of hydrogen-bond acceptors (Lipinski definition) is 7. The standard InChI is InChI=1S/C16H19NO7/c1-9-5-6-13(16(18)23-4)24-14(9)11-7-10(21-2)8-12(17(19)20)15(11)22-3/h5-9,13-14H,1-4H3/t9-,13-,14+/m1/s1. The van der Waals surface area contributed by atoms with Gasteiger partial charge in [0.2, 0.25) is 5.75 Å². The Hall–Kier alpha value is -2.61. The zero-order chi connectivity index (χ0) is 17.9. The van der Waals surface area contributed by atoms with Crippen LogP contribution < -0.4 is 9.47 Å². The fourth-order valence-electron chi connectivity index (χ4n) is 2.61. The van der Waals surface area contributed by atoms with E-state index in [1.807, 2.05) is 6.92 Å². The van der Waals surface area contributed by atoms with Crippen molar-refractivity contribution in [1.82, 2.24) is 0 Å². The lowest BCUT2D eigenvalue weighted by Gasteiger charge is -2.30. The lowest BCUT2D eigenvalue weighted by molar-refractivity contribution is -0.385. The summed E-state index contributed by atoms with van der Waals surface area (Å²) >= 11 is 0. The van der Waals surface area contributed by atoms with Gasteiger partial charge >= 0.3 is 11.7 Å². The molecule has 1 heterocycles. The van der Waals surface area contributed by atoms with Crippen LogP contribution in [0.1, 0.15) is 18.6 Å². The Labute approximate surface area is 139 Å². The average Bonchev–Trinajstić information content (AvgIpc) is 2.60. The van der Waals surface area contributed by atoms with Crippen LogP contribution in [-0.2, 0) is 14.3 Å². The Morgan fingerprint density at radius 2 is 1.92 bits per heavy atom. The van der Waals surface area contributed by atoms with Crippen molar-refractivity contribution in [3.05, 3.63) is 40.0 Å². The maximum atomic E-state index is 11.7. The summed E-state index contributed by atoms with van der Waals surface area (Å²) in [5.74, 6) is -0.292. The molecule has 0 aromatic heterocycles. The third kappa shape index (κ3) is 3.33. The summed E-state index contributed by atoms with van der Waals surface area (Å²) < 4.78 is 20.9. The van der Waals surface area contributed by atoms with Crippen molar-refractivity contribution in [1.29, 1.82) is 0 Å². The van der Waals surface area contributed by atoms with Crippen LogP contribution in [-0.4, -0.2) is 38.3 Å². The van der Waals surface area contributed by atoms with Gasteiger partial charge in [-0.2, -0.15) is 0 Å². The van der Waals surface area contributed by atoms with Crippen LogP contribution in [0.15, 0.2) is 24.3 Å². The Kier molecular flexibility index (Phi) is 5.40. The maximum Gasteiger partial charge on any atom is 0.339 e. The van der Waals surface area contributed by atoms with E-state index in [9.17, 15) is 14.9 Å². The number of rotatable bonds is 5. The van der Waals surface area contributed by atoms with Crippen LogP contribution >= 0.6 is 0 Å². The minimum absolute atomic E-state index is 0.0802. The predicted octanol–water partition coefficient (Wildman–Crippen LogP) is 2.42. The van der Waals surface area contributed by atoms with E-state index in [0.717, 1.165) is 0 Å². The number of nitrogens with zero attached hydrogens (tertiary/aromatic N) is 1. The van der Waals surface area contributed by atoms with Gasteiger partial charge in [-0.3, -0.25) is 10.1 Å². The molecule has 0 bridgehead atoms. The monoisotopic (exact) mass is 337 g/mol. The van der Waals surface area contributed by atoms with Crippen molar-refractivity contribution in [2.24, 2.45) is 5.92 Å². The van der Waals surface area contributed by atoms with Crippen molar-refractivity contribution in [3.8, 4) is 11.5 Å². The van der Waals surface area contributed by atoms with Crippen molar-refractivity contribution in [2.75, 3.05) is 21.3 Å². The van der Waals surface area contributed by atoms with E-state index in [1.54, 1.807) is 18.2 Å². The summed E-state index contributed by atoms with van der Waals surface area (Å²) in [7, 11) is 4.03. The first-order valence-electron chi connectivity index (χ1n) is 7.24. The molecule has 8 nitrogen and oxygen atoms in total. The van der Waals surface area contributed by atoms with Gasteiger partial charge in [0.1, 0.15) is 5.75 Å². The number of benzene rings is 1. The maximum absolute atomic E-state index is 11.7. The molecule has 0 aliphatic carbocycles. The molecule has 1 aliphatic rings. The second-order valence-corrected chi connectivity index (χ2v) is 5.27. The van der Waals surface area contributed by atoms with E-state index < -0.39 is 23.1 Å². The Morgan fingerprint density at radius 1 is 1.21 bits per heavy atom. The molecule has 1 aliphatic heterocycles. The molecule has 8 heteroatoms. The lowest BCUT2D eigenvalue weighted by atomic mass is 9.92. The van der Waals surface area contributed by atoms with Gasteiger partial charge in [-0.05, 0) is 12.1 Å². The number of ether oxygens (including phenoxy) is 4. The largest absolute Gasteiger partial charge is 0.496 e. The summed E-state index contributed by atoms with van der Waals surface area (Å²) in [6.45, 7) is 1.87. The van der Waals surface area contributed by atoms with Crippen LogP contribution in [0.5, 0.6) is 11.5 Å². The average molecular weight is 337 g/mol. The molecular formula is C16H19NO7. The topological polar surface area (TPSA) is 97.1 Å². The molecular weight excluding hydrogens is 318 g/mol. The van der Waals surface area contributed by atoms with Crippen molar-refractivity contribution >= 4 is 11.7 Å². The van der Waals surface area contributed by atoms with Crippen molar-refractivity contribution in [2.45, 2.75) is 19.1 Å². The highest BCUT2D eigenvalue weighted by molar-refractivity contribution is 5.77. The number of nitro benzene ring substituents is 1. The molecule has 1 aromatic rings. The fourth-order valence-corrected chi connectivity index (χ4v) is 2.61. The van der Waals surface area contributed by atoms with Gasteiger partial charge in [0.15, 0.2) is 6.10 Å². The van der Waals surface area contributed by atoms with Crippen LogP contribution in [0, 0.1) is 16.0 Å². The molecule has 0 fully saturated rings. The quantitative estimate of drug-likeness (QED) is 0.352. The number of methoxy groups -OCH3 is 3. The zero-order valence-corrected chi connectivity index (χ0v) is 13.8. The number of carbonyl (C=O) groups excluding carboxylic acids is 1. The van der Waals surface area contributed by atoms with Crippen LogP contribution in [0.25, 0.3) is 0 Å². The molecule has 2 rings (SSSR count). The number of nitro groups is 1. The second kappa shape index (κ2) is 7.31. The lowest BCUT2D eigenvalue weighted by Crippen LogP contribution is -2.31. The molecule has 0 unspecified atom stereocenters. The van der Waals surface area contributed by atoms with Crippen LogP contribution in [0.3, 0.4) is 0 Å². The first kappa shape index (κ1) is 17.7. The highest BCUT2D eigenvalue weighted by Gasteiger charge is 2.35. The molecule has 24 heavy (non-hydrogen) atoms. The van der Waals surface area contributed by atoms with Gasteiger partial charge in [-0.25, -0.2) is 4.79 Å². The van der Waals surface area contributed by atoms with E-state index in [0.29, 0.717) is 11.3 Å². The molecule has 0 amide bonds. The Balaban J connectivity index is 2.53.